The predicted octanol–water partition coefficient (Wildman–Crippen LogP) is 1.16. The van der Waals surface area contributed by atoms with Gasteiger partial charge in [0.1, 0.15) is 18.5 Å². The first-order valence-corrected chi connectivity index (χ1v) is 9.27. The molecule has 0 aliphatic carbocycles. The zero-order valence-electron chi connectivity index (χ0n) is 12.8. The number of para-hydroxylation sites is 1. The lowest BCUT2D eigenvalue weighted by atomic mass is 10.2. The summed E-state index contributed by atoms with van der Waals surface area (Å²) in [6.45, 7) is 0.241. The largest absolute Gasteiger partial charge is 0.748 e. The minimum atomic E-state index is -4.28. The van der Waals surface area contributed by atoms with Crippen molar-refractivity contribution >= 4 is 21.7 Å². The summed E-state index contributed by atoms with van der Waals surface area (Å²) in [7, 11) is -4.28. The zero-order valence-corrected chi connectivity index (χ0v) is 14.4. The van der Waals surface area contributed by atoms with Crippen molar-refractivity contribution in [3.05, 3.63) is 59.4 Å². The summed E-state index contributed by atoms with van der Waals surface area (Å²) in [5.74, 6) is -0.00240. The van der Waals surface area contributed by atoms with Gasteiger partial charge in [-0.3, -0.25) is 0 Å². The third-order valence-corrected chi connectivity index (χ3v) is 4.33. The molecule has 1 aromatic carbocycles. The van der Waals surface area contributed by atoms with E-state index in [0.29, 0.717) is 16.5 Å². The van der Waals surface area contributed by atoms with E-state index >= 15 is 0 Å². The highest BCUT2D eigenvalue weighted by Gasteiger charge is 2.17. The van der Waals surface area contributed by atoms with Crippen LogP contribution in [0, 0.1) is 0 Å². The molecule has 130 valence electrons. The van der Waals surface area contributed by atoms with Gasteiger partial charge in [0.25, 0.3) is 0 Å². The number of nitrogens with zero attached hydrogens (tertiary/aromatic N) is 1. The molecule has 1 N–H and O–H groups in total. The van der Waals surface area contributed by atoms with Crippen molar-refractivity contribution in [1.82, 2.24) is 0 Å². The van der Waals surface area contributed by atoms with Gasteiger partial charge in [0.15, 0.2) is 18.4 Å². The van der Waals surface area contributed by atoms with Crippen molar-refractivity contribution in [3.8, 4) is 5.75 Å². The Morgan fingerprint density at radius 2 is 1.92 bits per heavy atom. The number of aromatic nitrogens is 1. The van der Waals surface area contributed by atoms with Crippen LogP contribution in [0.5, 0.6) is 5.75 Å². The first-order valence-electron chi connectivity index (χ1n) is 7.31. The van der Waals surface area contributed by atoms with Crippen molar-refractivity contribution in [2.75, 3.05) is 12.4 Å². The first-order chi connectivity index (χ1) is 11.3. The quantitative estimate of drug-likeness (QED) is 0.555. The number of hydrogen-bond donors (Lipinski definition) is 1. The van der Waals surface area contributed by atoms with Crippen LogP contribution in [-0.4, -0.2) is 36.5 Å². The molecule has 2 aromatic rings. The second-order valence-electron chi connectivity index (χ2n) is 5.25. The summed E-state index contributed by atoms with van der Waals surface area (Å²) < 4.78 is 39.5. The fraction of sp³-hybridized carbons (Fsp3) is 0.312. The standard InChI is InChI=1S/C16H18ClNO5S/c17-15-6-1-2-7-16(15)23-12-14(19)11-18-9-4-3-5-13(18)8-10-24(20,21)22/h1-7,9,14,19H,8,10-12H2/t14-/m0/s1. The molecule has 0 saturated carbocycles. The molecular formula is C16H18ClNO5S. The zero-order chi connectivity index (χ0) is 17.6. The van der Waals surface area contributed by atoms with E-state index in [1.54, 1.807) is 53.2 Å². The van der Waals surface area contributed by atoms with Gasteiger partial charge in [0.05, 0.1) is 15.1 Å². The normalized spacial score (nSPS) is 12.8. The van der Waals surface area contributed by atoms with Crippen LogP contribution in [0.15, 0.2) is 48.7 Å². The van der Waals surface area contributed by atoms with Crippen LogP contribution < -0.4 is 9.30 Å². The Morgan fingerprint density at radius 3 is 2.62 bits per heavy atom. The maximum atomic E-state index is 10.8. The molecule has 0 fully saturated rings. The molecule has 1 heterocycles. The number of pyridine rings is 1. The average molecular weight is 372 g/mol. The first kappa shape index (κ1) is 18.7. The van der Waals surface area contributed by atoms with Gasteiger partial charge < -0.3 is 14.4 Å². The molecule has 0 amide bonds. The molecule has 0 radical (unpaired) electrons. The summed E-state index contributed by atoms with van der Waals surface area (Å²) in [6.07, 6.45) is 0.979. The van der Waals surface area contributed by atoms with Crippen LogP contribution in [0.4, 0.5) is 0 Å². The Kier molecular flexibility index (Phi) is 6.56. The lowest BCUT2D eigenvalue weighted by Crippen LogP contribution is -2.45. The van der Waals surface area contributed by atoms with Gasteiger partial charge in [-0.1, -0.05) is 29.8 Å². The van der Waals surface area contributed by atoms with Crippen molar-refractivity contribution in [2.24, 2.45) is 0 Å². The highest BCUT2D eigenvalue weighted by molar-refractivity contribution is 7.85. The van der Waals surface area contributed by atoms with Crippen LogP contribution >= 0.6 is 11.6 Å². The Balaban J connectivity index is 1.96. The number of hydrogen-bond acceptors (Lipinski definition) is 5. The molecule has 0 saturated heterocycles. The highest BCUT2D eigenvalue weighted by Crippen LogP contribution is 2.23. The summed E-state index contributed by atoms with van der Waals surface area (Å²) in [4.78, 5) is 0. The molecule has 1 aromatic heterocycles. The predicted molar refractivity (Wildman–Crippen MR) is 87.9 cm³/mol. The molecule has 24 heavy (non-hydrogen) atoms. The minimum Gasteiger partial charge on any atom is -0.748 e. The van der Waals surface area contributed by atoms with Gasteiger partial charge >= 0.3 is 0 Å². The monoisotopic (exact) mass is 371 g/mol. The number of halogens is 1. The lowest BCUT2D eigenvalue weighted by molar-refractivity contribution is -0.710. The van der Waals surface area contributed by atoms with E-state index < -0.39 is 22.0 Å². The molecule has 1 atom stereocenters. The van der Waals surface area contributed by atoms with Gasteiger partial charge in [-0.15, -0.1) is 0 Å². The Hall–Kier alpha value is -1.67. The van der Waals surface area contributed by atoms with E-state index in [9.17, 15) is 18.1 Å². The molecule has 0 bridgehead atoms. The molecule has 0 aliphatic rings. The summed E-state index contributed by atoms with van der Waals surface area (Å²) in [5.41, 5.74) is 0.647. The fourth-order valence-corrected chi connectivity index (χ4v) is 2.82. The Bertz CT molecular complexity index is 782. The van der Waals surface area contributed by atoms with Gasteiger partial charge in [0.2, 0.25) is 0 Å². The van der Waals surface area contributed by atoms with E-state index in [1.165, 1.54) is 0 Å². The molecule has 6 nitrogen and oxygen atoms in total. The Labute approximate surface area is 146 Å². The third kappa shape index (κ3) is 6.09. The molecule has 0 spiro atoms. The number of aliphatic hydroxyl groups excluding tert-OH is 1. The van der Waals surface area contributed by atoms with Gasteiger partial charge in [-0.2, -0.15) is 4.57 Å². The number of ether oxygens (including phenoxy) is 1. The summed E-state index contributed by atoms with van der Waals surface area (Å²) >= 11 is 5.98. The van der Waals surface area contributed by atoms with Crippen molar-refractivity contribution in [3.63, 3.8) is 0 Å². The van der Waals surface area contributed by atoms with Crippen LogP contribution in [0.2, 0.25) is 5.02 Å². The molecule has 8 heteroatoms. The number of aryl methyl sites for hydroxylation is 1. The van der Waals surface area contributed by atoms with E-state index in [1.807, 2.05) is 0 Å². The molecule has 0 aliphatic heterocycles. The van der Waals surface area contributed by atoms with Gasteiger partial charge in [-0.25, -0.2) is 8.42 Å². The van der Waals surface area contributed by atoms with E-state index in [-0.39, 0.29) is 19.6 Å². The van der Waals surface area contributed by atoms with E-state index in [4.69, 9.17) is 16.3 Å². The highest BCUT2D eigenvalue weighted by atomic mass is 35.5. The second-order valence-corrected chi connectivity index (χ2v) is 7.18. The second kappa shape index (κ2) is 8.43. The molecule has 0 unspecified atom stereocenters. The molecule has 2 rings (SSSR count). The average Bonchev–Trinajstić information content (AvgIpc) is 2.52. The van der Waals surface area contributed by atoms with Crippen LogP contribution in [0.3, 0.4) is 0 Å². The van der Waals surface area contributed by atoms with Crippen molar-refractivity contribution < 1.29 is 27.4 Å². The van der Waals surface area contributed by atoms with Crippen molar-refractivity contribution in [1.29, 1.82) is 0 Å². The maximum absolute atomic E-state index is 10.8. The topological polar surface area (TPSA) is 90.5 Å². The lowest BCUT2D eigenvalue weighted by Gasteiger charge is -2.12. The smallest absolute Gasteiger partial charge is 0.182 e. The minimum absolute atomic E-state index is 0.0327. The Morgan fingerprint density at radius 1 is 1.21 bits per heavy atom. The van der Waals surface area contributed by atoms with Crippen LogP contribution in [0.25, 0.3) is 0 Å². The number of benzene rings is 1. The van der Waals surface area contributed by atoms with E-state index in [0.717, 1.165) is 0 Å². The third-order valence-electron chi connectivity index (χ3n) is 3.32. The summed E-state index contributed by atoms with van der Waals surface area (Å²) in [5, 5.41) is 10.6. The van der Waals surface area contributed by atoms with Crippen LogP contribution in [0.1, 0.15) is 5.69 Å². The fourth-order valence-electron chi connectivity index (χ4n) is 2.17. The van der Waals surface area contributed by atoms with Gasteiger partial charge in [0, 0.05) is 24.3 Å². The summed E-state index contributed by atoms with van der Waals surface area (Å²) in [6, 6.07) is 12.2. The van der Waals surface area contributed by atoms with Crippen LogP contribution in [-0.2, 0) is 23.1 Å². The number of aliphatic hydroxyl groups is 1. The van der Waals surface area contributed by atoms with E-state index in [2.05, 4.69) is 0 Å². The van der Waals surface area contributed by atoms with Crippen molar-refractivity contribution in [2.45, 2.75) is 19.1 Å². The SMILES string of the molecule is O=S(=O)([O-])CCc1cccc[n+]1C[C@H](O)COc1ccccc1Cl. The van der Waals surface area contributed by atoms with Gasteiger partial charge in [-0.05, 0) is 12.1 Å². The maximum Gasteiger partial charge on any atom is 0.182 e. The number of rotatable bonds is 8. The molecular weight excluding hydrogens is 354 g/mol.